The number of nitrogens with zero attached hydrogens (tertiary/aromatic N) is 3. The van der Waals surface area contributed by atoms with Crippen LogP contribution in [0.5, 0.6) is 0 Å². The van der Waals surface area contributed by atoms with E-state index in [1.165, 1.54) is 16.7 Å². The van der Waals surface area contributed by atoms with Gasteiger partial charge >= 0.3 is 0 Å². The maximum Gasteiger partial charge on any atom is 0.0326 e. The van der Waals surface area contributed by atoms with Crippen molar-refractivity contribution in [2.45, 2.75) is 26.1 Å². The van der Waals surface area contributed by atoms with Crippen molar-refractivity contribution in [3.8, 4) is 0 Å². The van der Waals surface area contributed by atoms with Gasteiger partial charge in [-0.1, -0.05) is 30.3 Å². The van der Waals surface area contributed by atoms with Crippen LogP contribution < -0.4 is 0 Å². The molecule has 0 N–H and O–H groups in total. The van der Waals surface area contributed by atoms with E-state index in [-0.39, 0.29) is 0 Å². The highest BCUT2D eigenvalue weighted by Crippen LogP contribution is 2.24. The molecule has 0 unspecified atom stereocenters. The fourth-order valence-electron chi connectivity index (χ4n) is 2.72. The quantitative estimate of drug-likeness (QED) is 0.682. The van der Waals surface area contributed by atoms with Crippen LogP contribution in [0.1, 0.15) is 29.7 Å². The van der Waals surface area contributed by atoms with Crippen LogP contribution in [0.4, 0.5) is 0 Å². The lowest BCUT2D eigenvalue weighted by Gasteiger charge is -2.29. The summed E-state index contributed by atoms with van der Waals surface area (Å²) in [5.41, 5.74) is 3.88. The molecule has 0 aliphatic heterocycles. The molecule has 0 saturated heterocycles. The largest absolute Gasteiger partial charge is 0.288 e. The highest BCUT2D eigenvalue weighted by Gasteiger charge is 2.16. The van der Waals surface area contributed by atoms with E-state index in [2.05, 4.69) is 76.4 Å². The van der Waals surface area contributed by atoms with Crippen LogP contribution in [0.25, 0.3) is 0 Å². The minimum Gasteiger partial charge on any atom is -0.288 e. The lowest BCUT2D eigenvalue weighted by atomic mass is 10.1. The topological polar surface area (TPSA) is 29.0 Å². The zero-order valence-corrected chi connectivity index (χ0v) is 13.3. The van der Waals surface area contributed by atoms with Gasteiger partial charge in [-0.25, -0.2) is 0 Å². The van der Waals surface area contributed by atoms with Crippen LogP contribution in [-0.4, -0.2) is 14.9 Å². The first-order valence-corrected chi connectivity index (χ1v) is 7.90. The summed E-state index contributed by atoms with van der Waals surface area (Å²) in [4.78, 5) is 10.7. The molecule has 0 fully saturated rings. The maximum atomic E-state index is 4.11. The molecule has 0 amide bonds. The minimum absolute atomic E-state index is 0.331. The molecule has 0 aliphatic rings. The lowest BCUT2D eigenvalue weighted by Crippen LogP contribution is -2.26. The monoisotopic (exact) mass is 303 g/mol. The Hall–Kier alpha value is -2.52. The summed E-state index contributed by atoms with van der Waals surface area (Å²) >= 11 is 0. The smallest absolute Gasteiger partial charge is 0.0326 e. The van der Waals surface area contributed by atoms with Crippen LogP contribution in [-0.2, 0) is 13.1 Å². The standard InChI is InChI=1S/C20H21N3/c1-17(20-5-3-2-4-6-20)23(15-18-7-11-21-12-8-18)16-19-9-13-22-14-10-19/h2-14,17H,15-16H2,1H3/t17-/m1/s1. The van der Waals surface area contributed by atoms with Gasteiger partial charge in [0, 0.05) is 43.9 Å². The molecule has 3 aromatic rings. The SMILES string of the molecule is C[C@H](c1ccccc1)N(Cc1ccncc1)Cc1ccncc1. The Morgan fingerprint density at radius 1 is 0.739 bits per heavy atom. The third-order valence-corrected chi connectivity index (χ3v) is 4.10. The highest BCUT2D eigenvalue weighted by atomic mass is 15.1. The van der Waals surface area contributed by atoms with E-state index < -0.39 is 0 Å². The zero-order chi connectivity index (χ0) is 15.9. The molecule has 0 spiro atoms. The Morgan fingerprint density at radius 2 is 1.22 bits per heavy atom. The summed E-state index contributed by atoms with van der Waals surface area (Å²) < 4.78 is 0. The van der Waals surface area contributed by atoms with E-state index in [0.717, 1.165) is 13.1 Å². The summed E-state index contributed by atoms with van der Waals surface area (Å²) in [6.07, 6.45) is 7.42. The van der Waals surface area contributed by atoms with Gasteiger partial charge in [0.2, 0.25) is 0 Å². The Kier molecular flexibility index (Phi) is 5.12. The van der Waals surface area contributed by atoms with Gasteiger partial charge in [-0.3, -0.25) is 14.9 Å². The van der Waals surface area contributed by atoms with E-state index in [0.29, 0.717) is 6.04 Å². The third-order valence-electron chi connectivity index (χ3n) is 4.10. The predicted molar refractivity (Wildman–Crippen MR) is 92.6 cm³/mol. The molecule has 0 bridgehead atoms. The summed E-state index contributed by atoms with van der Waals surface area (Å²) in [6.45, 7) is 4.04. The molecule has 3 rings (SSSR count). The lowest BCUT2D eigenvalue weighted by molar-refractivity contribution is 0.192. The second-order valence-electron chi connectivity index (χ2n) is 5.70. The van der Waals surface area contributed by atoms with Crippen molar-refractivity contribution in [3.63, 3.8) is 0 Å². The Morgan fingerprint density at radius 3 is 1.70 bits per heavy atom. The molecule has 3 heteroatoms. The first-order chi connectivity index (χ1) is 11.3. The Bertz CT molecular complexity index is 657. The minimum atomic E-state index is 0.331. The third kappa shape index (κ3) is 4.24. The van der Waals surface area contributed by atoms with Gasteiger partial charge in [0.05, 0.1) is 0 Å². The second-order valence-corrected chi connectivity index (χ2v) is 5.70. The predicted octanol–water partition coefficient (Wildman–Crippen LogP) is 4.24. The summed E-state index contributed by atoms with van der Waals surface area (Å²) in [5, 5.41) is 0. The number of pyridine rings is 2. The molecule has 1 aromatic carbocycles. The summed E-state index contributed by atoms with van der Waals surface area (Å²) in [6, 6.07) is 19.3. The fraction of sp³-hybridized carbons (Fsp3) is 0.200. The Balaban J connectivity index is 1.83. The molecule has 116 valence electrons. The summed E-state index contributed by atoms with van der Waals surface area (Å²) in [7, 11) is 0. The normalized spacial score (nSPS) is 12.3. The van der Waals surface area contributed by atoms with Gasteiger partial charge < -0.3 is 0 Å². The number of aromatic nitrogens is 2. The van der Waals surface area contributed by atoms with Crippen molar-refractivity contribution < 1.29 is 0 Å². The van der Waals surface area contributed by atoms with Crippen molar-refractivity contribution in [3.05, 3.63) is 96.1 Å². The summed E-state index contributed by atoms with van der Waals surface area (Å²) in [5.74, 6) is 0. The molecular weight excluding hydrogens is 282 g/mol. The van der Waals surface area contributed by atoms with Crippen LogP contribution in [0.2, 0.25) is 0 Å². The number of hydrogen-bond donors (Lipinski definition) is 0. The maximum absolute atomic E-state index is 4.11. The number of benzene rings is 1. The van der Waals surface area contributed by atoms with Gasteiger partial charge in [-0.2, -0.15) is 0 Å². The molecule has 0 saturated carbocycles. The first-order valence-electron chi connectivity index (χ1n) is 7.90. The first kappa shape index (κ1) is 15.4. The molecule has 2 heterocycles. The van der Waals surface area contributed by atoms with Crippen molar-refractivity contribution >= 4 is 0 Å². The van der Waals surface area contributed by atoms with Crippen LogP contribution in [0.15, 0.2) is 79.4 Å². The van der Waals surface area contributed by atoms with Crippen molar-refractivity contribution in [1.29, 1.82) is 0 Å². The average Bonchev–Trinajstić information content (AvgIpc) is 2.63. The van der Waals surface area contributed by atoms with E-state index in [9.17, 15) is 0 Å². The van der Waals surface area contributed by atoms with E-state index in [1.807, 2.05) is 24.8 Å². The van der Waals surface area contributed by atoms with E-state index in [4.69, 9.17) is 0 Å². The van der Waals surface area contributed by atoms with Crippen molar-refractivity contribution in [2.24, 2.45) is 0 Å². The van der Waals surface area contributed by atoms with Crippen LogP contribution in [0.3, 0.4) is 0 Å². The van der Waals surface area contributed by atoms with Gasteiger partial charge in [-0.15, -0.1) is 0 Å². The van der Waals surface area contributed by atoms with Gasteiger partial charge in [0.1, 0.15) is 0 Å². The zero-order valence-electron chi connectivity index (χ0n) is 13.3. The molecule has 0 radical (unpaired) electrons. The van der Waals surface area contributed by atoms with Crippen LogP contribution in [0, 0.1) is 0 Å². The number of rotatable bonds is 6. The highest BCUT2D eigenvalue weighted by molar-refractivity contribution is 5.20. The Labute approximate surface area is 137 Å². The van der Waals surface area contributed by atoms with Gasteiger partial charge in [-0.05, 0) is 47.9 Å². The van der Waals surface area contributed by atoms with Crippen molar-refractivity contribution in [2.75, 3.05) is 0 Å². The van der Waals surface area contributed by atoms with Crippen LogP contribution >= 0.6 is 0 Å². The average molecular weight is 303 g/mol. The molecule has 23 heavy (non-hydrogen) atoms. The molecule has 1 atom stereocenters. The second kappa shape index (κ2) is 7.65. The molecular formula is C20H21N3. The van der Waals surface area contributed by atoms with Gasteiger partial charge in [0.15, 0.2) is 0 Å². The van der Waals surface area contributed by atoms with E-state index >= 15 is 0 Å². The molecule has 0 aliphatic carbocycles. The van der Waals surface area contributed by atoms with E-state index in [1.54, 1.807) is 0 Å². The fourth-order valence-corrected chi connectivity index (χ4v) is 2.72. The van der Waals surface area contributed by atoms with Crippen molar-refractivity contribution in [1.82, 2.24) is 14.9 Å². The molecule has 2 aromatic heterocycles. The molecule has 3 nitrogen and oxygen atoms in total. The van der Waals surface area contributed by atoms with Gasteiger partial charge in [0.25, 0.3) is 0 Å². The number of hydrogen-bond acceptors (Lipinski definition) is 3.